The molecule has 1 aliphatic heterocycles. The molecule has 0 bridgehead atoms. The van der Waals surface area contributed by atoms with Crippen LogP contribution in [0.15, 0.2) is 114 Å². The maximum absolute atomic E-state index is 13.9. The zero-order valence-electron chi connectivity index (χ0n) is 28.3. The van der Waals surface area contributed by atoms with E-state index in [-0.39, 0.29) is 29.5 Å². The molecule has 0 saturated heterocycles. The van der Waals surface area contributed by atoms with Gasteiger partial charge >= 0.3 is 5.97 Å². The van der Waals surface area contributed by atoms with Crippen LogP contribution in [0, 0.1) is 17.0 Å². The third kappa shape index (κ3) is 7.17. The average Bonchev–Trinajstić information content (AvgIpc) is 3.40. The van der Waals surface area contributed by atoms with E-state index in [4.69, 9.17) is 9.47 Å². The Morgan fingerprint density at radius 1 is 0.860 bits per heavy atom. The number of esters is 1. The van der Waals surface area contributed by atoms with Gasteiger partial charge in [-0.2, -0.15) is 0 Å². The summed E-state index contributed by atoms with van der Waals surface area (Å²) >= 11 is 1.82. The molecule has 0 radical (unpaired) electrons. The molecule has 4 aromatic carbocycles. The lowest BCUT2D eigenvalue weighted by atomic mass is 9.87. The molecule has 0 N–H and O–H groups in total. The quantitative estimate of drug-likeness (QED) is 0.127. The normalized spacial score (nSPS) is 14.1. The van der Waals surface area contributed by atoms with Crippen molar-refractivity contribution in [1.82, 2.24) is 9.55 Å². The van der Waals surface area contributed by atoms with E-state index in [0.29, 0.717) is 19.6 Å². The van der Waals surface area contributed by atoms with Crippen molar-refractivity contribution in [3.05, 3.63) is 149 Å². The van der Waals surface area contributed by atoms with Gasteiger partial charge in [0.05, 0.1) is 16.6 Å². The van der Waals surface area contributed by atoms with Crippen molar-refractivity contribution in [3.63, 3.8) is 0 Å². The number of pyridine rings is 1. The van der Waals surface area contributed by atoms with Gasteiger partial charge in [0.15, 0.2) is 0 Å². The lowest BCUT2D eigenvalue weighted by Gasteiger charge is -2.26. The number of thioether (sulfide) groups is 1. The van der Waals surface area contributed by atoms with Crippen LogP contribution < -0.4 is 4.74 Å². The van der Waals surface area contributed by atoms with Crippen LogP contribution in [0.5, 0.6) is 5.75 Å². The van der Waals surface area contributed by atoms with Crippen LogP contribution in [-0.2, 0) is 42.1 Å². The van der Waals surface area contributed by atoms with E-state index < -0.39 is 5.41 Å². The van der Waals surface area contributed by atoms with Gasteiger partial charge < -0.3 is 14.0 Å². The number of hydrogen-bond donors (Lipinski definition) is 0. The maximum atomic E-state index is 13.9. The van der Waals surface area contributed by atoms with Crippen molar-refractivity contribution in [2.24, 2.45) is 5.41 Å². The molecule has 0 amide bonds. The molecule has 6 aromatic rings. The third-order valence-corrected chi connectivity index (χ3v) is 10.4. The zero-order valence-corrected chi connectivity index (χ0v) is 29.1. The first kappa shape index (κ1) is 33.5. The Kier molecular flexibility index (Phi) is 9.47. The second-order valence-electron chi connectivity index (χ2n) is 13.5. The summed E-state index contributed by atoms with van der Waals surface area (Å²) in [5, 5.41) is 1.40. The summed E-state index contributed by atoms with van der Waals surface area (Å²) in [5.41, 5.74) is 7.03. The minimum atomic E-state index is -0.871. The van der Waals surface area contributed by atoms with Gasteiger partial charge in [-0.05, 0) is 79.4 Å². The molecule has 1 unspecified atom stereocenters. The summed E-state index contributed by atoms with van der Waals surface area (Å²) in [6, 6.07) is 30.9. The van der Waals surface area contributed by atoms with E-state index >= 15 is 0 Å². The van der Waals surface area contributed by atoms with Gasteiger partial charge in [0.1, 0.15) is 30.6 Å². The Morgan fingerprint density at radius 2 is 1.56 bits per heavy atom. The topological polar surface area (TPSA) is 53.4 Å². The molecule has 5 nitrogen and oxygen atoms in total. The van der Waals surface area contributed by atoms with E-state index in [2.05, 4.69) is 40.7 Å². The molecule has 2 aromatic heterocycles. The standard InChI is InChI=1S/C42H38F2N2O3S/c1-27-21-35-38(48-26-34-18-13-31(23-45-34)30-7-5-4-6-8-30)20-19-36-39(35)40(50-27)37(46(36)24-28-9-14-32(43)15-10-28)22-42(2,3)41(47)49-25-29-11-16-33(44)17-12-29/h4-20,23,27H,21-22,24-26H2,1-3H3. The van der Waals surface area contributed by atoms with Crippen LogP contribution in [0.4, 0.5) is 8.78 Å². The van der Waals surface area contributed by atoms with Crippen LogP contribution in [-0.4, -0.2) is 20.8 Å². The van der Waals surface area contributed by atoms with E-state index in [9.17, 15) is 13.6 Å². The molecule has 3 heterocycles. The Morgan fingerprint density at radius 3 is 2.24 bits per heavy atom. The van der Waals surface area contributed by atoms with Crippen molar-refractivity contribution in [2.45, 2.75) is 63.5 Å². The SMILES string of the molecule is CC1Cc2c(OCc3ccc(-c4ccccc4)cn3)ccc3c2c(c(CC(C)(C)C(=O)OCc2ccc(F)cc2)n3Cc2ccc(F)cc2)S1. The first-order valence-corrected chi connectivity index (χ1v) is 17.7. The highest BCUT2D eigenvalue weighted by Gasteiger charge is 2.36. The van der Waals surface area contributed by atoms with Crippen molar-refractivity contribution in [1.29, 1.82) is 0 Å². The Balaban J connectivity index is 1.21. The van der Waals surface area contributed by atoms with E-state index in [1.807, 2.05) is 62.1 Å². The van der Waals surface area contributed by atoms with Gasteiger partial charge in [0.2, 0.25) is 0 Å². The first-order chi connectivity index (χ1) is 24.1. The molecule has 1 atom stereocenters. The molecular formula is C42H38F2N2O3S. The number of hydrogen-bond acceptors (Lipinski definition) is 5. The fraction of sp³-hybridized carbons (Fsp3) is 0.238. The highest BCUT2D eigenvalue weighted by molar-refractivity contribution is 8.00. The van der Waals surface area contributed by atoms with Gasteiger partial charge in [-0.1, -0.05) is 67.6 Å². The van der Waals surface area contributed by atoms with Gasteiger partial charge in [-0.15, -0.1) is 11.8 Å². The molecular weight excluding hydrogens is 651 g/mol. The predicted molar refractivity (Wildman–Crippen MR) is 194 cm³/mol. The fourth-order valence-corrected chi connectivity index (χ4v) is 7.83. The summed E-state index contributed by atoms with van der Waals surface area (Å²) in [5.74, 6) is -0.135. The van der Waals surface area contributed by atoms with Gasteiger partial charge in [0, 0.05) is 51.5 Å². The second-order valence-corrected chi connectivity index (χ2v) is 15.0. The molecule has 0 spiro atoms. The molecule has 0 saturated carbocycles. The minimum absolute atomic E-state index is 0.0639. The first-order valence-electron chi connectivity index (χ1n) is 16.8. The number of ether oxygens (including phenoxy) is 2. The van der Waals surface area contributed by atoms with Crippen LogP contribution >= 0.6 is 11.8 Å². The second kappa shape index (κ2) is 14.1. The molecule has 254 valence electrons. The smallest absolute Gasteiger partial charge is 0.312 e. The molecule has 50 heavy (non-hydrogen) atoms. The molecule has 0 aliphatic carbocycles. The predicted octanol–water partition coefficient (Wildman–Crippen LogP) is 9.96. The largest absolute Gasteiger partial charge is 0.487 e. The molecule has 1 aliphatic rings. The number of halogens is 2. The minimum Gasteiger partial charge on any atom is -0.487 e. The number of rotatable bonds is 11. The summed E-state index contributed by atoms with van der Waals surface area (Å²) in [6.07, 6.45) is 3.13. The van der Waals surface area contributed by atoms with E-state index in [0.717, 1.165) is 67.2 Å². The Hall–Kier alpha value is -4.95. The molecule has 8 heteroatoms. The number of aromatic nitrogens is 2. The molecule has 0 fully saturated rings. The highest BCUT2D eigenvalue weighted by Crippen LogP contribution is 2.48. The van der Waals surface area contributed by atoms with Crippen molar-refractivity contribution in [3.8, 4) is 16.9 Å². The highest BCUT2D eigenvalue weighted by atomic mass is 32.2. The van der Waals surface area contributed by atoms with Crippen molar-refractivity contribution in [2.75, 3.05) is 0 Å². The summed E-state index contributed by atoms with van der Waals surface area (Å²) < 4.78 is 41.8. The Labute approximate surface area is 295 Å². The number of carbonyl (C=O) groups is 1. The van der Waals surface area contributed by atoms with Crippen LogP contribution in [0.1, 0.15) is 48.8 Å². The van der Waals surface area contributed by atoms with Gasteiger partial charge in [-0.3, -0.25) is 9.78 Å². The maximum Gasteiger partial charge on any atom is 0.312 e. The zero-order chi connectivity index (χ0) is 34.8. The molecule has 7 rings (SSSR count). The van der Waals surface area contributed by atoms with Gasteiger partial charge in [0.25, 0.3) is 0 Å². The fourth-order valence-electron chi connectivity index (χ4n) is 6.51. The lowest BCUT2D eigenvalue weighted by molar-refractivity contribution is -0.155. The van der Waals surface area contributed by atoms with E-state index in [1.165, 1.54) is 24.3 Å². The number of nitrogens with zero attached hydrogens (tertiary/aromatic N) is 2. The van der Waals surface area contributed by atoms with Crippen molar-refractivity contribution < 1.29 is 23.0 Å². The summed E-state index contributed by atoms with van der Waals surface area (Å²) in [4.78, 5) is 19.4. The van der Waals surface area contributed by atoms with Crippen molar-refractivity contribution >= 4 is 28.6 Å². The third-order valence-electron chi connectivity index (χ3n) is 9.17. The number of carbonyl (C=O) groups excluding carboxylic acids is 1. The van der Waals surface area contributed by atoms with Crippen LogP contribution in [0.3, 0.4) is 0 Å². The average molecular weight is 689 g/mol. The number of benzene rings is 4. The summed E-state index contributed by atoms with van der Waals surface area (Å²) in [7, 11) is 0. The Bertz CT molecular complexity index is 2130. The lowest BCUT2D eigenvalue weighted by Crippen LogP contribution is -2.30. The van der Waals surface area contributed by atoms with Crippen LogP contribution in [0.2, 0.25) is 0 Å². The van der Waals surface area contributed by atoms with Crippen LogP contribution in [0.25, 0.3) is 22.0 Å². The summed E-state index contributed by atoms with van der Waals surface area (Å²) in [6.45, 7) is 6.92. The van der Waals surface area contributed by atoms with E-state index in [1.54, 1.807) is 24.3 Å². The van der Waals surface area contributed by atoms with Gasteiger partial charge in [-0.25, -0.2) is 8.78 Å². The monoisotopic (exact) mass is 688 g/mol.